The predicted octanol–water partition coefficient (Wildman–Crippen LogP) is 3.19. The maximum Gasteiger partial charge on any atom is 0.289 e. The van der Waals surface area contributed by atoms with Crippen LogP contribution in [0.1, 0.15) is 54.2 Å². The standard InChI is InChI=1S/C23H27N5OS/c1-14-8-18(23(3,4)5)9-15(2)19(14)6-7-27-20(29)13-30-22-17(12-25)10-16(11-24)21(26)28-22/h8-10H,6-7,13H2,1-5H3,(H2,26,28)(H,27,29)/p+1. The molecule has 0 radical (unpaired) electrons. The maximum atomic E-state index is 12.3. The minimum Gasteiger partial charge on any atom is -0.355 e. The van der Waals surface area contributed by atoms with E-state index >= 15 is 0 Å². The molecule has 4 N–H and O–H groups in total. The highest BCUT2D eigenvalue weighted by atomic mass is 32.2. The van der Waals surface area contributed by atoms with Crippen LogP contribution in [0.5, 0.6) is 0 Å². The van der Waals surface area contributed by atoms with Crippen molar-refractivity contribution in [3.63, 3.8) is 0 Å². The molecule has 2 rings (SSSR count). The van der Waals surface area contributed by atoms with Gasteiger partial charge in [0, 0.05) is 6.54 Å². The van der Waals surface area contributed by atoms with Crippen LogP contribution in [-0.2, 0) is 16.6 Å². The van der Waals surface area contributed by atoms with Gasteiger partial charge in [-0.15, -0.1) is 0 Å². The lowest BCUT2D eigenvalue weighted by Crippen LogP contribution is -2.28. The summed E-state index contributed by atoms with van der Waals surface area (Å²) in [6.45, 7) is 11.4. The van der Waals surface area contributed by atoms with Gasteiger partial charge >= 0.3 is 0 Å². The first-order valence-electron chi connectivity index (χ1n) is 9.73. The van der Waals surface area contributed by atoms with Crippen LogP contribution in [0.3, 0.4) is 0 Å². The number of aromatic amines is 1. The van der Waals surface area contributed by atoms with Crippen molar-refractivity contribution in [2.75, 3.05) is 18.0 Å². The number of H-pyrrole nitrogens is 1. The van der Waals surface area contributed by atoms with Crippen molar-refractivity contribution in [3.05, 3.63) is 51.6 Å². The largest absolute Gasteiger partial charge is 0.355 e. The van der Waals surface area contributed by atoms with Crippen LogP contribution >= 0.6 is 11.8 Å². The summed E-state index contributed by atoms with van der Waals surface area (Å²) < 4.78 is 0. The number of aryl methyl sites for hydroxylation is 2. The van der Waals surface area contributed by atoms with Gasteiger partial charge in [0.1, 0.15) is 23.3 Å². The monoisotopic (exact) mass is 422 g/mol. The van der Waals surface area contributed by atoms with Crippen molar-refractivity contribution in [3.8, 4) is 12.1 Å². The topological polar surface area (TPSA) is 117 Å². The summed E-state index contributed by atoms with van der Waals surface area (Å²) in [5, 5.41) is 21.7. The van der Waals surface area contributed by atoms with Gasteiger partial charge in [0.05, 0.1) is 5.75 Å². The number of hydrogen-bond donors (Lipinski definition) is 2. The van der Waals surface area contributed by atoms with Crippen LogP contribution in [0, 0.1) is 36.5 Å². The van der Waals surface area contributed by atoms with E-state index in [0.29, 0.717) is 17.1 Å². The Morgan fingerprint density at radius 2 is 1.73 bits per heavy atom. The lowest BCUT2D eigenvalue weighted by atomic mass is 9.83. The van der Waals surface area contributed by atoms with Crippen LogP contribution in [-0.4, -0.2) is 18.2 Å². The fourth-order valence-corrected chi connectivity index (χ4v) is 3.99. The van der Waals surface area contributed by atoms with E-state index in [1.54, 1.807) is 0 Å². The lowest BCUT2D eigenvalue weighted by molar-refractivity contribution is -0.410. The van der Waals surface area contributed by atoms with E-state index in [1.165, 1.54) is 40.1 Å². The molecule has 0 unspecified atom stereocenters. The highest BCUT2D eigenvalue weighted by Crippen LogP contribution is 2.27. The number of carbonyl (C=O) groups excluding carboxylic acids is 1. The second-order valence-corrected chi connectivity index (χ2v) is 9.28. The summed E-state index contributed by atoms with van der Waals surface area (Å²) in [7, 11) is 0. The first-order valence-corrected chi connectivity index (χ1v) is 10.7. The number of nitriles is 2. The van der Waals surface area contributed by atoms with E-state index in [2.05, 4.69) is 57.1 Å². The number of aromatic nitrogens is 1. The average Bonchev–Trinajstić information content (AvgIpc) is 2.67. The predicted molar refractivity (Wildman–Crippen MR) is 119 cm³/mol. The molecule has 0 aliphatic rings. The van der Waals surface area contributed by atoms with Gasteiger partial charge in [-0.1, -0.05) is 44.7 Å². The normalized spacial score (nSPS) is 10.9. The minimum atomic E-state index is -0.123. The Morgan fingerprint density at radius 3 is 2.27 bits per heavy atom. The quantitative estimate of drug-likeness (QED) is 0.693. The number of nitrogens with zero attached hydrogens (tertiary/aromatic N) is 2. The number of nitrogens with two attached hydrogens (primary N) is 1. The number of anilines is 1. The van der Waals surface area contributed by atoms with Crippen molar-refractivity contribution < 1.29 is 9.78 Å². The van der Waals surface area contributed by atoms with Crippen LogP contribution < -0.4 is 16.0 Å². The van der Waals surface area contributed by atoms with Gasteiger partial charge in [0.15, 0.2) is 5.03 Å². The molecule has 6 nitrogen and oxygen atoms in total. The molecule has 0 fully saturated rings. The Labute approximate surface area is 182 Å². The van der Waals surface area contributed by atoms with Gasteiger partial charge in [-0.2, -0.15) is 10.5 Å². The third-order valence-electron chi connectivity index (χ3n) is 4.92. The second kappa shape index (κ2) is 9.65. The van der Waals surface area contributed by atoms with Crippen molar-refractivity contribution in [1.82, 2.24) is 5.32 Å². The van der Waals surface area contributed by atoms with E-state index in [4.69, 9.17) is 11.0 Å². The molecule has 1 amide bonds. The number of nitrogens with one attached hydrogen (secondary N) is 2. The van der Waals surface area contributed by atoms with Gasteiger partial charge in [-0.25, -0.2) is 4.98 Å². The molecule has 30 heavy (non-hydrogen) atoms. The zero-order chi connectivity index (χ0) is 22.5. The molecule has 0 spiro atoms. The Morgan fingerprint density at radius 1 is 1.13 bits per heavy atom. The summed E-state index contributed by atoms with van der Waals surface area (Å²) in [6, 6.07) is 9.84. The third kappa shape index (κ3) is 5.75. The zero-order valence-corrected chi connectivity index (χ0v) is 19.0. The molecule has 2 aromatic rings. The first-order chi connectivity index (χ1) is 14.1. The molecular weight excluding hydrogens is 394 g/mol. The molecule has 7 heteroatoms. The summed E-state index contributed by atoms with van der Waals surface area (Å²) in [6.07, 6.45) is 0.762. The molecule has 1 heterocycles. The van der Waals surface area contributed by atoms with Gasteiger partial charge in [-0.05, 0) is 54.0 Å². The summed E-state index contributed by atoms with van der Waals surface area (Å²) in [5.41, 5.74) is 11.4. The van der Waals surface area contributed by atoms with Gasteiger partial charge in [-0.3, -0.25) is 10.5 Å². The SMILES string of the molecule is Cc1cc(C(C)(C)C)cc(C)c1CCNC(=O)CSc1[nH+]c(N)c(C#N)cc1C#N. The first kappa shape index (κ1) is 23.3. The van der Waals surface area contributed by atoms with Crippen LogP contribution in [0.4, 0.5) is 5.82 Å². The van der Waals surface area contributed by atoms with E-state index in [0.717, 1.165) is 6.42 Å². The van der Waals surface area contributed by atoms with Crippen LogP contribution in [0.2, 0.25) is 0 Å². The van der Waals surface area contributed by atoms with Crippen LogP contribution in [0.25, 0.3) is 0 Å². The van der Waals surface area contributed by atoms with Crippen molar-refractivity contribution >= 4 is 23.5 Å². The molecule has 0 atom stereocenters. The minimum absolute atomic E-state index is 0.105. The summed E-state index contributed by atoms with van der Waals surface area (Å²) >= 11 is 1.19. The fraction of sp³-hybridized carbons (Fsp3) is 0.391. The molecule has 156 valence electrons. The maximum absolute atomic E-state index is 12.3. The molecule has 0 aliphatic heterocycles. The molecule has 0 saturated heterocycles. The Bertz CT molecular complexity index is 1020. The fourth-order valence-electron chi connectivity index (χ4n) is 3.17. The second-order valence-electron chi connectivity index (χ2n) is 8.29. The number of rotatable bonds is 6. The van der Waals surface area contributed by atoms with E-state index in [-0.39, 0.29) is 28.5 Å². The smallest absolute Gasteiger partial charge is 0.289 e. The molecular formula is C23H28N5OS+. The Hall–Kier alpha value is -3.03. The average molecular weight is 423 g/mol. The van der Waals surface area contributed by atoms with Gasteiger partial charge < -0.3 is 5.32 Å². The van der Waals surface area contributed by atoms with Gasteiger partial charge in [0.2, 0.25) is 5.91 Å². The highest BCUT2D eigenvalue weighted by molar-refractivity contribution is 7.99. The molecule has 0 aliphatic carbocycles. The highest BCUT2D eigenvalue weighted by Gasteiger charge is 2.17. The molecule has 0 saturated carbocycles. The van der Waals surface area contributed by atoms with Crippen molar-refractivity contribution in [2.45, 2.75) is 51.5 Å². The Balaban J connectivity index is 1.95. The molecule has 0 bridgehead atoms. The lowest BCUT2D eigenvalue weighted by Gasteiger charge is -2.22. The number of nitrogen functional groups attached to an aromatic ring is 1. The number of benzene rings is 1. The van der Waals surface area contributed by atoms with E-state index in [1.807, 2.05) is 12.1 Å². The van der Waals surface area contributed by atoms with Crippen LogP contribution in [0.15, 0.2) is 23.2 Å². The van der Waals surface area contributed by atoms with E-state index in [9.17, 15) is 10.1 Å². The number of pyridine rings is 1. The van der Waals surface area contributed by atoms with Crippen molar-refractivity contribution in [2.24, 2.45) is 0 Å². The number of hydrogen-bond acceptors (Lipinski definition) is 5. The zero-order valence-electron chi connectivity index (χ0n) is 18.1. The number of carbonyl (C=O) groups is 1. The molecule has 1 aromatic heterocycles. The summed E-state index contributed by atoms with van der Waals surface area (Å²) in [4.78, 5) is 15.1. The number of amides is 1. The van der Waals surface area contributed by atoms with E-state index < -0.39 is 0 Å². The van der Waals surface area contributed by atoms with Crippen molar-refractivity contribution in [1.29, 1.82) is 10.5 Å². The molecule has 1 aromatic carbocycles. The number of thioether (sulfide) groups is 1. The third-order valence-corrected chi connectivity index (χ3v) is 5.94. The Kier molecular flexibility index (Phi) is 7.48. The summed E-state index contributed by atoms with van der Waals surface area (Å²) in [5.74, 6) is 0.211. The van der Waals surface area contributed by atoms with Gasteiger partial charge in [0.25, 0.3) is 5.82 Å².